The number of Topliss-reactive ketones (excluding diaryl/α,β-unsaturated/α-hetero) is 1. The Hall–Kier alpha value is -4.28. The summed E-state index contributed by atoms with van der Waals surface area (Å²) in [6.07, 6.45) is 0. The first kappa shape index (κ1) is 24.8. The molecule has 0 spiro atoms. The number of imide groups is 1. The molecule has 3 aromatic carbocycles. The lowest BCUT2D eigenvalue weighted by Crippen LogP contribution is -2.30. The summed E-state index contributed by atoms with van der Waals surface area (Å²) < 4.78 is 10.3. The molecule has 0 atom stereocenters. The molecule has 0 fully saturated rings. The van der Waals surface area contributed by atoms with Crippen molar-refractivity contribution >= 4 is 58.1 Å². The highest BCUT2D eigenvalue weighted by Crippen LogP contribution is 2.40. The highest BCUT2D eigenvalue weighted by atomic mass is 35.5. The number of hydrogen-bond acceptors (Lipinski definition) is 8. The molecule has 0 N–H and O–H groups in total. The fourth-order valence-corrected chi connectivity index (χ4v) is 4.14. The van der Waals surface area contributed by atoms with Gasteiger partial charge in [-0.15, -0.1) is 0 Å². The summed E-state index contributed by atoms with van der Waals surface area (Å²) in [5.41, 5.74) is -1.22. The molecule has 182 valence electrons. The lowest BCUT2D eigenvalue weighted by molar-refractivity contribution is -0.385. The number of rotatable bonds is 7. The van der Waals surface area contributed by atoms with Crippen molar-refractivity contribution in [2.24, 2.45) is 0 Å². The molecule has 4 rings (SSSR count). The smallest absolute Gasteiger partial charge is 0.342 e. The van der Waals surface area contributed by atoms with Crippen LogP contribution in [0.5, 0.6) is 5.75 Å². The van der Waals surface area contributed by atoms with Crippen LogP contribution in [0.15, 0.2) is 54.6 Å². The van der Waals surface area contributed by atoms with Crippen LogP contribution in [0.4, 0.5) is 11.4 Å². The molecule has 10 nitrogen and oxygen atoms in total. The Morgan fingerprint density at radius 2 is 1.69 bits per heavy atom. The first-order chi connectivity index (χ1) is 17.1. The molecule has 12 heteroatoms. The van der Waals surface area contributed by atoms with E-state index in [9.17, 15) is 29.3 Å². The number of carbonyl (C=O) groups excluding carboxylic acids is 4. The third kappa shape index (κ3) is 4.28. The van der Waals surface area contributed by atoms with Gasteiger partial charge in [0.05, 0.1) is 33.3 Å². The normalized spacial score (nSPS) is 12.4. The maximum atomic E-state index is 13.0. The molecule has 36 heavy (non-hydrogen) atoms. The van der Waals surface area contributed by atoms with Crippen LogP contribution in [0, 0.1) is 10.1 Å². The van der Waals surface area contributed by atoms with Gasteiger partial charge in [-0.1, -0.05) is 41.4 Å². The molecule has 0 saturated carbocycles. The molecule has 0 radical (unpaired) electrons. The van der Waals surface area contributed by atoms with E-state index in [0.717, 1.165) is 18.2 Å². The molecule has 0 aromatic heterocycles. The van der Waals surface area contributed by atoms with Crippen LogP contribution in [0.1, 0.15) is 41.4 Å². The van der Waals surface area contributed by atoms with Crippen LogP contribution in [0.3, 0.4) is 0 Å². The van der Waals surface area contributed by atoms with Gasteiger partial charge in [-0.05, 0) is 24.3 Å². The number of esters is 1. The second-order valence-corrected chi connectivity index (χ2v) is 8.20. The Bertz CT molecular complexity index is 1470. The Labute approximate surface area is 213 Å². The van der Waals surface area contributed by atoms with Crippen molar-refractivity contribution in [3.05, 3.63) is 97.0 Å². The van der Waals surface area contributed by atoms with Crippen molar-refractivity contribution in [3.8, 4) is 5.75 Å². The van der Waals surface area contributed by atoms with Crippen molar-refractivity contribution in [2.75, 3.05) is 18.6 Å². The number of halogens is 2. The number of nitro groups is 1. The van der Waals surface area contributed by atoms with E-state index < -0.39 is 40.8 Å². The Balaban J connectivity index is 1.63. The van der Waals surface area contributed by atoms with Crippen LogP contribution in [-0.2, 0) is 4.74 Å². The summed E-state index contributed by atoms with van der Waals surface area (Å²) in [5, 5.41) is 11.3. The fourth-order valence-electron chi connectivity index (χ4n) is 3.65. The maximum Gasteiger partial charge on any atom is 0.342 e. The average Bonchev–Trinajstić information content (AvgIpc) is 3.12. The number of amides is 2. The number of nitro benzene ring substituents is 1. The summed E-state index contributed by atoms with van der Waals surface area (Å²) in [6, 6.07) is 12.2. The minimum atomic E-state index is -0.960. The van der Waals surface area contributed by atoms with Crippen molar-refractivity contribution in [2.45, 2.75) is 0 Å². The monoisotopic (exact) mass is 528 g/mol. The molecule has 0 unspecified atom stereocenters. The number of hydrogen-bond donors (Lipinski definition) is 0. The third-order valence-corrected chi connectivity index (χ3v) is 5.96. The average molecular weight is 529 g/mol. The minimum Gasteiger partial charge on any atom is -0.496 e. The molecule has 0 aliphatic carbocycles. The molecule has 1 heterocycles. The number of methoxy groups -OCH3 is 1. The SMILES string of the molecule is COc1cc(N2C(=O)c3cccc([N+](=O)[O-])c3C2=O)c(Cl)cc1C(=O)OCC(=O)c1ccccc1Cl. The van der Waals surface area contributed by atoms with Crippen molar-refractivity contribution in [3.63, 3.8) is 0 Å². The lowest BCUT2D eigenvalue weighted by atomic mass is 10.1. The van der Waals surface area contributed by atoms with Crippen LogP contribution < -0.4 is 9.64 Å². The van der Waals surface area contributed by atoms with E-state index in [-0.39, 0.29) is 43.7 Å². The Morgan fingerprint density at radius 3 is 2.36 bits per heavy atom. The van der Waals surface area contributed by atoms with Crippen LogP contribution in [0.25, 0.3) is 0 Å². The van der Waals surface area contributed by atoms with Gasteiger partial charge < -0.3 is 9.47 Å². The molecule has 0 bridgehead atoms. The molecule has 3 aromatic rings. The molecule has 0 saturated heterocycles. The first-order valence-electron chi connectivity index (χ1n) is 10.1. The number of carbonyl (C=O) groups is 4. The number of anilines is 1. The highest BCUT2D eigenvalue weighted by Gasteiger charge is 2.43. The van der Waals surface area contributed by atoms with Crippen LogP contribution >= 0.6 is 23.2 Å². The fraction of sp³-hybridized carbons (Fsp3) is 0.0833. The van der Waals surface area contributed by atoms with E-state index in [2.05, 4.69) is 0 Å². The largest absolute Gasteiger partial charge is 0.496 e. The number of nitrogens with zero attached hydrogens (tertiary/aromatic N) is 2. The van der Waals surface area contributed by atoms with Gasteiger partial charge in [-0.25, -0.2) is 9.69 Å². The van der Waals surface area contributed by atoms with Crippen molar-refractivity contribution < 1.29 is 33.6 Å². The molecule has 1 aliphatic heterocycles. The molecular weight excluding hydrogens is 515 g/mol. The summed E-state index contributed by atoms with van der Waals surface area (Å²) in [4.78, 5) is 62.2. The van der Waals surface area contributed by atoms with Gasteiger partial charge in [0.25, 0.3) is 17.5 Å². The van der Waals surface area contributed by atoms with Gasteiger partial charge in [-0.2, -0.15) is 0 Å². The standard InChI is InChI=1S/C24H14Cl2N2O8/c1-35-20-10-18(27-22(30)13-6-4-8-17(28(33)34)21(13)23(27)31)16(26)9-14(20)24(32)36-11-19(29)12-5-2-3-7-15(12)25/h2-10H,11H2,1H3. The van der Waals surface area contributed by atoms with E-state index in [1.807, 2.05) is 0 Å². The van der Waals surface area contributed by atoms with E-state index >= 15 is 0 Å². The topological polar surface area (TPSA) is 133 Å². The van der Waals surface area contributed by atoms with E-state index in [4.69, 9.17) is 32.7 Å². The van der Waals surface area contributed by atoms with Gasteiger partial charge in [-0.3, -0.25) is 24.5 Å². The Kier molecular flexibility index (Phi) is 6.73. The second kappa shape index (κ2) is 9.76. The predicted octanol–water partition coefficient (Wildman–Crippen LogP) is 4.75. The van der Waals surface area contributed by atoms with Crippen molar-refractivity contribution in [1.29, 1.82) is 0 Å². The first-order valence-corrected chi connectivity index (χ1v) is 10.9. The van der Waals surface area contributed by atoms with Gasteiger partial charge in [0, 0.05) is 17.7 Å². The highest BCUT2D eigenvalue weighted by molar-refractivity contribution is 6.40. The van der Waals surface area contributed by atoms with E-state index in [1.165, 1.54) is 31.4 Å². The molecular formula is C24H14Cl2N2O8. The minimum absolute atomic E-state index is 0.115. The Morgan fingerprint density at radius 1 is 0.972 bits per heavy atom. The zero-order valence-electron chi connectivity index (χ0n) is 18.3. The molecule has 2 amide bonds. The van der Waals surface area contributed by atoms with Crippen molar-refractivity contribution in [1.82, 2.24) is 0 Å². The summed E-state index contributed by atoms with van der Waals surface area (Å²) >= 11 is 12.3. The zero-order chi connectivity index (χ0) is 26.1. The quantitative estimate of drug-likeness (QED) is 0.141. The second-order valence-electron chi connectivity index (χ2n) is 7.39. The number of ketones is 1. The number of benzene rings is 3. The van der Waals surface area contributed by atoms with Gasteiger partial charge in [0.1, 0.15) is 16.9 Å². The summed E-state index contributed by atoms with van der Waals surface area (Å²) in [7, 11) is 1.23. The van der Waals surface area contributed by atoms with Gasteiger partial charge >= 0.3 is 5.97 Å². The van der Waals surface area contributed by atoms with E-state index in [0.29, 0.717) is 4.90 Å². The van der Waals surface area contributed by atoms with E-state index in [1.54, 1.807) is 12.1 Å². The van der Waals surface area contributed by atoms with Gasteiger partial charge in [0.15, 0.2) is 6.61 Å². The summed E-state index contributed by atoms with van der Waals surface area (Å²) in [6.45, 7) is -0.618. The number of fused-ring (bicyclic) bond motifs is 1. The lowest BCUT2D eigenvalue weighted by Gasteiger charge is -2.18. The predicted molar refractivity (Wildman–Crippen MR) is 128 cm³/mol. The van der Waals surface area contributed by atoms with Gasteiger partial charge in [0.2, 0.25) is 5.78 Å². The molecule has 1 aliphatic rings. The summed E-state index contributed by atoms with van der Waals surface area (Å²) in [5.74, 6) is -3.40. The maximum absolute atomic E-state index is 13.0. The third-order valence-electron chi connectivity index (χ3n) is 5.33. The van der Waals surface area contributed by atoms with Crippen LogP contribution in [0.2, 0.25) is 10.0 Å². The van der Waals surface area contributed by atoms with Crippen LogP contribution in [-0.4, -0.2) is 42.2 Å². The zero-order valence-corrected chi connectivity index (χ0v) is 19.8. The number of ether oxygens (including phenoxy) is 2.